The van der Waals surface area contributed by atoms with Crippen molar-refractivity contribution in [2.75, 3.05) is 10.2 Å². The molecule has 3 aromatic rings. The summed E-state index contributed by atoms with van der Waals surface area (Å²) in [5, 5.41) is 9.82. The van der Waals surface area contributed by atoms with Crippen molar-refractivity contribution >= 4 is 53.2 Å². The minimum absolute atomic E-state index is 0. The summed E-state index contributed by atoms with van der Waals surface area (Å²) in [4.78, 5) is 4.46. The SMILES string of the molecule is Sc1nc(N2N=C(c3ccccc3)[NH2+]N2c2ccccc2)sc1S.[Br-]. The lowest BCUT2D eigenvalue weighted by Gasteiger charge is -2.21. The number of halogens is 1. The van der Waals surface area contributed by atoms with Gasteiger partial charge in [0, 0.05) is 0 Å². The standard InChI is InChI=1S/C16H13N5S3.BrH/c22-14-15(23)24-16(17-14)21-19-13(11-7-3-1-4-8-11)18-20(21)12-9-5-2-6-10-12;/h1-10,22-23H,(H,18,19);1H. The van der Waals surface area contributed by atoms with Crippen molar-refractivity contribution in [3.8, 4) is 0 Å². The van der Waals surface area contributed by atoms with Crippen molar-refractivity contribution in [2.24, 2.45) is 5.10 Å². The molecule has 0 bridgehead atoms. The number of hydrazine groups is 1. The Kier molecular flexibility index (Phi) is 5.70. The number of nitrogens with zero attached hydrogens (tertiary/aromatic N) is 4. The predicted octanol–water partition coefficient (Wildman–Crippen LogP) is -0.194. The fourth-order valence-electron chi connectivity index (χ4n) is 2.37. The van der Waals surface area contributed by atoms with Crippen LogP contribution in [0.25, 0.3) is 0 Å². The summed E-state index contributed by atoms with van der Waals surface area (Å²) >= 11 is 10.2. The molecule has 1 aromatic heterocycles. The van der Waals surface area contributed by atoms with Crippen LogP contribution >= 0.6 is 36.6 Å². The molecule has 4 rings (SSSR count). The number of anilines is 2. The maximum atomic E-state index is 4.74. The largest absolute Gasteiger partial charge is 1.00 e. The third-order valence-electron chi connectivity index (χ3n) is 3.49. The number of aromatic nitrogens is 1. The monoisotopic (exact) mass is 451 g/mol. The van der Waals surface area contributed by atoms with Crippen molar-refractivity contribution in [3.63, 3.8) is 0 Å². The highest BCUT2D eigenvalue weighted by molar-refractivity contribution is 7.85. The van der Waals surface area contributed by atoms with Gasteiger partial charge in [0.15, 0.2) is 0 Å². The van der Waals surface area contributed by atoms with E-state index in [2.05, 4.69) is 30.2 Å². The average Bonchev–Trinajstić information content (AvgIpc) is 3.21. The summed E-state index contributed by atoms with van der Waals surface area (Å²) in [5.74, 6) is 0.871. The van der Waals surface area contributed by atoms with Gasteiger partial charge in [-0.1, -0.05) is 58.0 Å². The van der Waals surface area contributed by atoms with Crippen LogP contribution in [0.1, 0.15) is 5.56 Å². The second-order valence-corrected chi connectivity index (χ2v) is 7.23. The second-order valence-electron chi connectivity index (χ2n) is 5.08. The van der Waals surface area contributed by atoms with Gasteiger partial charge in [-0.2, -0.15) is 5.43 Å². The van der Waals surface area contributed by atoms with E-state index < -0.39 is 0 Å². The lowest BCUT2D eigenvalue weighted by atomic mass is 10.2. The van der Waals surface area contributed by atoms with Gasteiger partial charge in [0.2, 0.25) is 5.13 Å². The number of rotatable bonds is 3. The Hall–Kier alpha value is -1.52. The van der Waals surface area contributed by atoms with Gasteiger partial charge in [0.05, 0.1) is 9.77 Å². The quantitative estimate of drug-likeness (QED) is 0.382. The van der Waals surface area contributed by atoms with E-state index in [4.69, 9.17) is 5.10 Å². The van der Waals surface area contributed by atoms with Gasteiger partial charge in [-0.25, -0.2) is 4.98 Å². The zero-order valence-electron chi connectivity index (χ0n) is 12.8. The number of nitrogens with two attached hydrogens (primary N) is 1. The van der Waals surface area contributed by atoms with Gasteiger partial charge in [-0.3, -0.25) is 0 Å². The Morgan fingerprint density at radius 2 is 1.56 bits per heavy atom. The number of para-hydroxylation sites is 1. The molecule has 25 heavy (non-hydrogen) atoms. The first-order valence-electron chi connectivity index (χ1n) is 7.24. The molecule has 0 aliphatic carbocycles. The first-order valence-corrected chi connectivity index (χ1v) is 8.95. The Morgan fingerprint density at radius 1 is 0.920 bits per heavy atom. The molecule has 0 atom stereocenters. The zero-order valence-corrected chi connectivity index (χ0v) is 17.0. The van der Waals surface area contributed by atoms with Crippen LogP contribution in [0.4, 0.5) is 10.8 Å². The molecule has 9 heteroatoms. The van der Waals surface area contributed by atoms with Crippen LogP contribution < -0.4 is 32.6 Å². The normalized spacial score (nSPS) is 13.6. The summed E-state index contributed by atoms with van der Waals surface area (Å²) in [6.45, 7) is 0. The number of hydrogen-bond donors (Lipinski definition) is 3. The maximum absolute atomic E-state index is 4.74. The maximum Gasteiger partial charge on any atom is 0.277 e. The molecule has 128 valence electrons. The van der Waals surface area contributed by atoms with Gasteiger partial charge < -0.3 is 17.0 Å². The van der Waals surface area contributed by atoms with Gasteiger partial charge in [-0.15, -0.1) is 30.4 Å². The van der Waals surface area contributed by atoms with Crippen LogP contribution in [0.2, 0.25) is 0 Å². The molecular weight excluding hydrogens is 438 g/mol. The van der Waals surface area contributed by atoms with Crippen LogP contribution in [-0.4, -0.2) is 10.8 Å². The molecule has 2 heterocycles. The van der Waals surface area contributed by atoms with E-state index in [1.807, 2.05) is 71.2 Å². The smallest absolute Gasteiger partial charge is 0.277 e. The lowest BCUT2D eigenvalue weighted by molar-refractivity contribution is -0.545. The number of hydrazone groups is 1. The Balaban J connectivity index is 0.00000182. The second kappa shape index (κ2) is 7.79. The number of amidine groups is 1. The Labute approximate surface area is 170 Å². The summed E-state index contributed by atoms with van der Waals surface area (Å²) in [6.07, 6.45) is 0. The minimum atomic E-state index is 0. The molecule has 0 amide bonds. The molecule has 0 radical (unpaired) electrons. The van der Waals surface area contributed by atoms with Gasteiger partial charge in [0.25, 0.3) is 5.84 Å². The van der Waals surface area contributed by atoms with Crippen molar-refractivity contribution in [1.29, 1.82) is 0 Å². The molecule has 1 aliphatic heterocycles. The molecule has 0 saturated heterocycles. The minimum Gasteiger partial charge on any atom is -1.00 e. The van der Waals surface area contributed by atoms with E-state index in [-0.39, 0.29) is 17.0 Å². The van der Waals surface area contributed by atoms with Crippen LogP contribution in [0.5, 0.6) is 0 Å². The third kappa shape index (κ3) is 3.70. The summed E-state index contributed by atoms with van der Waals surface area (Å²) in [5.41, 5.74) is 4.06. The van der Waals surface area contributed by atoms with Gasteiger partial charge in [0.1, 0.15) is 10.7 Å². The van der Waals surface area contributed by atoms with Crippen LogP contribution in [0.3, 0.4) is 0 Å². The van der Waals surface area contributed by atoms with Crippen molar-refractivity contribution < 1.29 is 22.4 Å². The lowest BCUT2D eigenvalue weighted by Crippen LogP contribution is -3.00. The first kappa shape index (κ1) is 18.3. The van der Waals surface area contributed by atoms with Crippen molar-refractivity contribution in [2.45, 2.75) is 9.24 Å². The van der Waals surface area contributed by atoms with E-state index in [9.17, 15) is 0 Å². The van der Waals surface area contributed by atoms with Crippen molar-refractivity contribution in [3.05, 3.63) is 66.2 Å². The van der Waals surface area contributed by atoms with E-state index >= 15 is 0 Å². The highest BCUT2D eigenvalue weighted by Gasteiger charge is 2.33. The number of hydrogen-bond acceptors (Lipinski definition) is 7. The molecule has 2 N–H and O–H groups in total. The first-order chi connectivity index (χ1) is 11.7. The number of thiol groups is 2. The molecule has 0 unspecified atom stereocenters. The van der Waals surface area contributed by atoms with E-state index in [1.165, 1.54) is 11.3 Å². The summed E-state index contributed by atoms with van der Waals surface area (Å²) in [6, 6.07) is 20.1. The fraction of sp³-hybridized carbons (Fsp3) is 0. The molecule has 2 aromatic carbocycles. The Bertz CT molecular complexity index is 866. The van der Waals surface area contributed by atoms with E-state index in [0.717, 1.165) is 26.4 Å². The molecular formula is C16H14BrN5S3. The number of benzene rings is 2. The number of quaternary nitrogens is 1. The molecule has 0 saturated carbocycles. The fourth-order valence-corrected chi connectivity index (χ4v) is 3.62. The van der Waals surface area contributed by atoms with Gasteiger partial charge >= 0.3 is 0 Å². The zero-order chi connectivity index (χ0) is 16.5. The average molecular weight is 452 g/mol. The van der Waals surface area contributed by atoms with Crippen LogP contribution in [0, 0.1) is 0 Å². The summed E-state index contributed by atoms with van der Waals surface area (Å²) in [7, 11) is 0. The highest BCUT2D eigenvalue weighted by Crippen LogP contribution is 2.33. The molecule has 0 fully saturated rings. The molecule has 0 spiro atoms. The summed E-state index contributed by atoms with van der Waals surface area (Å²) < 4.78 is 0.768. The topological polar surface area (TPSA) is 48.3 Å². The Morgan fingerprint density at radius 3 is 2.16 bits per heavy atom. The van der Waals surface area contributed by atoms with Crippen molar-refractivity contribution in [1.82, 2.24) is 4.98 Å². The highest BCUT2D eigenvalue weighted by atomic mass is 79.9. The number of thiazole rings is 1. The van der Waals surface area contributed by atoms with Crippen LogP contribution in [-0.2, 0) is 0 Å². The third-order valence-corrected chi connectivity index (χ3v) is 5.45. The van der Waals surface area contributed by atoms with E-state index in [0.29, 0.717) is 5.03 Å². The molecule has 1 aliphatic rings. The molecule has 5 nitrogen and oxygen atoms in total. The predicted molar refractivity (Wildman–Crippen MR) is 103 cm³/mol. The van der Waals surface area contributed by atoms with Crippen LogP contribution in [0.15, 0.2) is 75.0 Å². The van der Waals surface area contributed by atoms with E-state index in [1.54, 1.807) is 5.12 Å². The van der Waals surface area contributed by atoms with Gasteiger partial charge in [-0.05, 0) is 24.3 Å².